The number of unbranched alkanes of at least 4 members (excludes halogenated alkanes) is 1. The predicted molar refractivity (Wildman–Crippen MR) is 142 cm³/mol. The number of hydrogen-bond acceptors (Lipinski definition) is 1. The van der Waals surface area contributed by atoms with Crippen LogP contribution in [-0.2, 0) is 32.1 Å². The van der Waals surface area contributed by atoms with Crippen LogP contribution in [0.15, 0.2) is 54.6 Å². The van der Waals surface area contributed by atoms with Crippen molar-refractivity contribution in [2.24, 2.45) is 0 Å². The van der Waals surface area contributed by atoms with E-state index in [9.17, 15) is 30.7 Å². The van der Waals surface area contributed by atoms with Crippen molar-refractivity contribution in [3.8, 4) is 5.75 Å². The van der Waals surface area contributed by atoms with Gasteiger partial charge in [-0.1, -0.05) is 43.7 Å². The van der Waals surface area contributed by atoms with Crippen molar-refractivity contribution in [3.63, 3.8) is 0 Å². The smallest absolute Gasteiger partial charge is 0.422 e. The van der Waals surface area contributed by atoms with Crippen molar-refractivity contribution in [3.05, 3.63) is 112 Å². The molecule has 0 saturated heterocycles. The fourth-order valence-electron chi connectivity index (χ4n) is 4.75. The van der Waals surface area contributed by atoms with Gasteiger partial charge in [-0.05, 0) is 90.4 Å². The molecule has 0 fully saturated rings. The standard InChI is InChI=1S/C32H28F8O/c1-2-3-4-20-14-26(33)25(27(34)15-20)12-7-19-6-11-24-23(13-19)10-9-22(30(24)37)8-5-21-16-28(35)31(29(36)17-21)41-18-32(38,39)40/h6,9-11,13-17H,2-5,7-8,12,18H2,1H3. The molecule has 0 heterocycles. The van der Waals surface area contributed by atoms with Crippen LogP contribution in [0.25, 0.3) is 10.8 Å². The first-order valence-corrected chi connectivity index (χ1v) is 13.3. The molecule has 0 atom stereocenters. The molecule has 0 spiro atoms. The minimum atomic E-state index is -4.75. The summed E-state index contributed by atoms with van der Waals surface area (Å²) in [5.74, 6) is -5.33. The molecule has 4 aromatic rings. The van der Waals surface area contributed by atoms with Gasteiger partial charge in [0.1, 0.15) is 17.5 Å². The third-order valence-electron chi connectivity index (χ3n) is 6.90. The number of fused-ring (bicyclic) bond motifs is 1. The van der Waals surface area contributed by atoms with E-state index in [1.165, 1.54) is 12.1 Å². The zero-order chi connectivity index (χ0) is 29.7. The van der Waals surface area contributed by atoms with Gasteiger partial charge in [0.2, 0.25) is 0 Å². The van der Waals surface area contributed by atoms with E-state index in [1.54, 1.807) is 30.3 Å². The topological polar surface area (TPSA) is 9.23 Å². The Morgan fingerprint density at radius 3 is 1.88 bits per heavy atom. The Morgan fingerprint density at radius 1 is 0.634 bits per heavy atom. The van der Waals surface area contributed by atoms with E-state index in [0.29, 0.717) is 29.2 Å². The Kier molecular flexibility index (Phi) is 9.56. The maximum absolute atomic E-state index is 15.2. The van der Waals surface area contributed by atoms with Crippen molar-refractivity contribution in [2.75, 3.05) is 6.61 Å². The van der Waals surface area contributed by atoms with Crippen LogP contribution < -0.4 is 4.74 Å². The molecule has 0 aliphatic carbocycles. The molecule has 0 radical (unpaired) electrons. The summed E-state index contributed by atoms with van der Waals surface area (Å²) in [7, 11) is 0. The minimum absolute atomic E-state index is 0.0136. The van der Waals surface area contributed by atoms with E-state index in [4.69, 9.17) is 0 Å². The first-order chi connectivity index (χ1) is 19.4. The van der Waals surface area contributed by atoms with E-state index < -0.39 is 47.6 Å². The SMILES string of the molecule is CCCCc1cc(F)c(CCc2ccc3c(F)c(CCc4cc(F)c(OCC(F)(F)F)c(F)c4)ccc3c2)c(F)c1. The number of hydrogen-bond donors (Lipinski definition) is 0. The lowest BCUT2D eigenvalue weighted by Crippen LogP contribution is -2.20. The molecule has 218 valence electrons. The second kappa shape index (κ2) is 12.9. The molecule has 41 heavy (non-hydrogen) atoms. The monoisotopic (exact) mass is 580 g/mol. The van der Waals surface area contributed by atoms with E-state index in [0.717, 1.165) is 30.5 Å². The molecule has 9 heteroatoms. The average Bonchev–Trinajstić information content (AvgIpc) is 2.90. The Labute approximate surface area is 232 Å². The number of aryl methyl sites for hydroxylation is 4. The van der Waals surface area contributed by atoms with Crippen LogP contribution in [0.5, 0.6) is 5.75 Å². The molecule has 4 aromatic carbocycles. The molecular formula is C32H28F8O. The van der Waals surface area contributed by atoms with Crippen LogP contribution in [0.4, 0.5) is 35.1 Å². The van der Waals surface area contributed by atoms with Crippen molar-refractivity contribution < 1.29 is 39.9 Å². The summed E-state index contributed by atoms with van der Waals surface area (Å²) >= 11 is 0. The summed E-state index contributed by atoms with van der Waals surface area (Å²) < 4.78 is 114. The van der Waals surface area contributed by atoms with Gasteiger partial charge in [-0.25, -0.2) is 22.0 Å². The summed E-state index contributed by atoms with van der Waals surface area (Å²) in [6.45, 7) is 0.178. The quantitative estimate of drug-likeness (QED) is 0.161. The number of ether oxygens (including phenoxy) is 1. The van der Waals surface area contributed by atoms with Gasteiger partial charge in [-0.2, -0.15) is 13.2 Å². The third kappa shape index (κ3) is 7.77. The molecule has 4 rings (SSSR count). The van der Waals surface area contributed by atoms with E-state index in [-0.39, 0.29) is 36.0 Å². The van der Waals surface area contributed by atoms with E-state index >= 15 is 4.39 Å². The Bertz CT molecular complexity index is 1480. The number of alkyl halides is 3. The Morgan fingerprint density at radius 2 is 1.24 bits per heavy atom. The molecule has 0 unspecified atom stereocenters. The Hall–Kier alpha value is -3.62. The fraction of sp³-hybridized carbons (Fsp3) is 0.312. The summed E-state index contributed by atoms with van der Waals surface area (Å²) in [5.41, 5.74) is 1.84. The zero-order valence-corrected chi connectivity index (χ0v) is 22.3. The van der Waals surface area contributed by atoms with Crippen molar-refractivity contribution in [2.45, 2.75) is 58.0 Å². The second-order valence-corrected chi connectivity index (χ2v) is 10.0. The Balaban J connectivity index is 1.43. The van der Waals surface area contributed by atoms with E-state index in [2.05, 4.69) is 4.74 Å². The van der Waals surface area contributed by atoms with Crippen LogP contribution in [0.1, 0.15) is 47.6 Å². The molecule has 0 aliphatic heterocycles. The van der Waals surface area contributed by atoms with Crippen molar-refractivity contribution in [1.29, 1.82) is 0 Å². The summed E-state index contributed by atoms with van der Waals surface area (Å²) in [6, 6.07) is 12.7. The van der Waals surface area contributed by atoms with Gasteiger partial charge >= 0.3 is 6.18 Å². The maximum atomic E-state index is 15.2. The van der Waals surface area contributed by atoms with Gasteiger partial charge < -0.3 is 4.74 Å². The van der Waals surface area contributed by atoms with Gasteiger partial charge in [0, 0.05) is 10.9 Å². The summed E-state index contributed by atoms with van der Waals surface area (Å²) in [5, 5.41) is 0.903. The van der Waals surface area contributed by atoms with Crippen LogP contribution >= 0.6 is 0 Å². The van der Waals surface area contributed by atoms with Crippen LogP contribution in [0.3, 0.4) is 0 Å². The minimum Gasteiger partial charge on any atom is -0.478 e. The molecular weight excluding hydrogens is 552 g/mol. The van der Waals surface area contributed by atoms with Crippen molar-refractivity contribution in [1.82, 2.24) is 0 Å². The highest BCUT2D eigenvalue weighted by Crippen LogP contribution is 2.28. The molecule has 0 N–H and O–H groups in total. The van der Waals surface area contributed by atoms with Crippen LogP contribution in [0.2, 0.25) is 0 Å². The van der Waals surface area contributed by atoms with E-state index in [1.807, 2.05) is 6.92 Å². The third-order valence-corrected chi connectivity index (χ3v) is 6.90. The van der Waals surface area contributed by atoms with Gasteiger partial charge in [-0.15, -0.1) is 0 Å². The van der Waals surface area contributed by atoms with Crippen LogP contribution in [-0.4, -0.2) is 12.8 Å². The zero-order valence-electron chi connectivity index (χ0n) is 22.3. The van der Waals surface area contributed by atoms with Gasteiger partial charge in [0.05, 0.1) is 0 Å². The number of rotatable bonds is 11. The highest BCUT2D eigenvalue weighted by atomic mass is 19.4. The molecule has 0 aliphatic rings. The van der Waals surface area contributed by atoms with Gasteiger partial charge in [-0.3, -0.25) is 0 Å². The van der Waals surface area contributed by atoms with Crippen molar-refractivity contribution >= 4 is 10.8 Å². The number of halogens is 8. The molecule has 1 nitrogen and oxygen atoms in total. The number of benzene rings is 4. The fourth-order valence-corrected chi connectivity index (χ4v) is 4.75. The molecule has 0 saturated carbocycles. The first kappa shape index (κ1) is 30.3. The lowest BCUT2D eigenvalue weighted by molar-refractivity contribution is -0.154. The highest BCUT2D eigenvalue weighted by Gasteiger charge is 2.30. The average molecular weight is 581 g/mol. The normalized spacial score (nSPS) is 11.8. The lowest BCUT2D eigenvalue weighted by atomic mass is 9.96. The highest BCUT2D eigenvalue weighted by molar-refractivity contribution is 5.84. The summed E-state index contributed by atoms with van der Waals surface area (Å²) in [6.07, 6.45) is -1.76. The largest absolute Gasteiger partial charge is 0.478 e. The first-order valence-electron chi connectivity index (χ1n) is 13.3. The summed E-state index contributed by atoms with van der Waals surface area (Å²) in [4.78, 5) is 0. The lowest BCUT2D eigenvalue weighted by Gasteiger charge is -2.12. The maximum Gasteiger partial charge on any atom is 0.422 e. The molecule has 0 bridgehead atoms. The second-order valence-electron chi connectivity index (χ2n) is 10.0. The molecule has 0 amide bonds. The van der Waals surface area contributed by atoms with Gasteiger partial charge in [0.25, 0.3) is 0 Å². The predicted octanol–water partition coefficient (Wildman–Crippen LogP) is 9.39. The van der Waals surface area contributed by atoms with Crippen LogP contribution in [0, 0.1) is 29.1 Å². The molecule has 0 aromatic heterocycles. The van der Waals surface area contributed by atoms with Gasteiger partial charge in [0.15, 0.2) is 24.0 Å².